The van der Waals surface area contributed by atoms with E-state index < -0.39 is 33.0 Å². The maximum absolute atomic E-state index is 12.2. The van der Waals surface area contributed by atoms with Gasteiger partial charge in [-0.3, -0.25) is 29.8 Å². The summed E-state index contributed by atoms with van der Waals surface area (Å²) in [6.07, 6.45) is 0. The number of benzene rings is 2. The molecule has 0 unspecified atom stereocenters. The molecule has 0 fully saturated rings. The molecule has 0 heterocycles. The van der Waals surface area contributed by atoms with Gasteiger partial charge in [-0.05, 0) is 18.2 Å². The molecule has 10 heteroatoms. The summed E-state index contributed by atoms with van der Waals surface area (Å²) in [7, 11) is 0. The van der Waals surface area contributed by atoms with Crippen LogP contribution in [0.5, 0.6) is 0 Å². The van der Waals surface area contributed by atoms with Gasteiger partial charge in [-0.2, -0.15) is 0 Å². The topological polar surface area (TPSA) is 158 Å². The molecule has 0 aromatic heterocycles. The molecule has 10 nitrogen and oxygen atoms in total. The van der Waals surface area contributed by atoms with Crippen molar-refractivity contribution in [1.29, 1.82) is 0 Å². The van der Waals surface area contributed by atoms with Gasteiger partial charge >= 0.3 is 11.4 Å². The first-order valence-corrected chi connectivity index (χ1v) is 6.44. The van der Waals surface area contributed by atoms with Crippen LogP contribution in [-0.2, 0) is 0 Å². The number of hydrogen-bond donors (Lipinski definition) is 2. The van der Waals surface area contributed by atoms with Gasteiger partial charge in [0.25, 0.3) is 11.8 Å². The third kappa shape index (κ3) is 3.32. The summed E-state index contributed by atoms with van der Waals surface area (Å²) in [5.41, 5.74) is 3.66. The second-order valence-electron chi connectivity index (χ2n) is 4.58. The molecule has 2 rings (SSSR count). The highest BCUT2D eigenvalue weighted by atomic mass is 16.6. The number of nitrogens with two attached hydrogens (primary N) is 1. The summed E-state index contributed by atoms with van der Waals surface area (Å²) in [6, 6.07) is 8.67. The second kappa shape index (κ2) is 6.52. The number of rotatable bonds is 5. The fraction of sp³-hybridized carbons (Fsp3) is 0. The molecule has 2 aromatic rings. The first-order chi connectivity index (χ1) is 11.3. The molecule has 122 valence electrons. The van der Waals surface area contributed by atoms with Gasteiger partial charge in [0.15, 0.2) is 0 Å². The number of primary amides is 1. The number of hydrogen-bond acceptors (Lipinski definition) is 6. The summed E-state index contributed by atoms with van der Waals surface area (Å²) in [4.78, 5) is 43.3. The van der Waals surface area contributed by atoms with Crippen molar-refractivity contribution in [3.63, 3.8) is 0 Å². The zero-order chi connectivity index (χ0) is 17.9. The van der Waals surface area contributed by atoms with Gasteiger partial charge in [0.05, 0.1) is 21.1 Å². The Bertz CT molecular complexity index is 864. The van der Waals surface area contributed by atoms with Crippen LogP contribution < -0.4 is 11.1 Å². The Balaban J connectivity index is 2.38. The fourth-order valence-electron chi connectivity index (χ4n) is 1.97. The average Bonchev–Trinajstić information content (AvgIpc) is 2.54. The Hall–Kier alpha value is -3.82. The molecule has 0 radical (unpaired) electrons. The summed E-state index contributed by atoms with van der Waals surface area (Å²) < 4.78 is 0. The van der Waals surface area contributed by atoms with Gasteiger partial charge in [-0.25, -0.2) is 0 Å². The highest BCUT2D eigenvalue weighted by Crippen LogP contribution is 2.28. The number of para-hydroxylation sites is 1. The van der Waals surface area contributed by atoms with Crippen LogP contribution in [0, 0.1) is 20.2 Å². The molecular weight excluding hydrogens is 320 g/mol. The first-order valence-electron chi connectivity index (χ1n) is 6.44. The van der Waals surface area contributed by atoms with Crippen molar-refractivity contribution in [3.8, 4) is 0 Å². The molecule has 0 atom stereocenters. The third-order valence-corrected chi connectivity index (χ3v) is 3.07. The van der Waals surface area contributed by atoms with E-state index in [4.69, 9.17) is 5.73 Å². The van der Waals surface area contributed by atoms with Crippen molar-refractivity contribution in [2.24, 2.45) is 5.73 Å². The lowest BCUT2D eigenvalue weighted by Crippen LogP contribution is -2.18. The molecule has 2 amide bonds. The highest BCUT2D eigenvalue weighted by molar-refractivity contribution is 6.09. The van der Waals surface area contributed by atoms with E-state index in [0.717, 1.165) is 18.2 Å². The number of amides is 2. The van der Waals surface area contributed by atoms with Crippen LogP contribution in [-0.4, -0.2) is 21.7 Å². The lowest BCUT2D eigenvalue weighted by Gasteiger charge is -2.08. The van der Waals surface area contributed by atoms with Crippen molar-refractivity contribution in [2.75, 3.05) is 5.32 Å². The smallest absolute Gasteiger partial charge is 0.346 e. The van der Waals surface area contributed by atoms with Gasteiger partial charge in [0.2, 0.25) is 0 Å². The van der Waals surface area contributed by atoms with E-state index in [0.29, 0.717) is 0 Å². The van der Waals surface area contributed by atoms with Crippen LogP contribution in [0.25, 0.3) is 0 Å². The number of nitro groups is 2. The van der Waals surface area contributed by atoms with Gasteiger partial charge < -0.3 is 11.1 Å². The maximum atomic E-state index is 12.2. The minimum absolute atomic E-state index is 0.0576. The quantitative estimate of drug-likeness (QED) is 0.628. The van der Waals surface area contributed by atoms with Crippen LogP contribution in [0.3, 0.4) is 0 Å². The second-order valence-corrected chi connectivity index (χ2v) is 4.58. The summed E-state index contributed by atoms with van der Waals surface area (Å²) in [5, 5.41) is 24.1. The van der Waals surface area contributed by atoms with E-state index in [2.05, 4.69) is 5.32 Å². The van der Waals surface area contributed by atoms with Crippen LogP contribution in [0.1, 0.15) is 20.7 Å². The average molecular weight is 330 g/mol. The maximum Gasteiger partial charge on any atom is 0.346 e. The zero-order valence-corrected chi connectivity index (χ0v) is 12.0. The normalized spacial score (nSPS) is 10.0. The molecule has 0 aliphatic heterocycles. The lowest BCUT2D eigenvalue weighted by atomic mass is 10.1. The number of anilines is 1. The van der Waals surface area contributed by atoms with E-state index in [-0.39, 0.29) is 16.8 Å². The zero-order valence-electron chi connectivity index (χ0n) is 12.0. The number of carbonyl (C=O) groups excluding carboxylic acids is 2. The number of carbonyl (C=O) groups is 2. The standard InChI is InChI=1S/C14H10N4O6/c15-13(19)9-3-1-2-4-10(9)16-14(20)8-5-6-11(17(21)22)12(7-8)18(23)24/h1-7H,(H2,15,19)(H,16,20). The SMILES string of the molecule is NC(=O)c1ccccc1NC(=O)c1ccc([N+](=O)[O-])c([N+](=O)[O-])c1. The molecule has 0 spiro atoms. The van der Waals surface area contributed by atoms with E-state index in [9.17, 15) is 29.8 Å². The largest absolute Gasteiger partial charge is 0.366 e. The Morgan fingerprint density at radius 2 is 1.58 bits per heavy atom. The summed E-state index contributed by atoms with van der Waals surface area (Å²) >= 11 is 0. The van der Waals surface area contributed by atoms with Gasteiger partial charge in [0, 0.05) is 17.7 Å². The van der Waals surface area contributed by atoms with Crippen LogP contribution >= 0.6 is 0 Å². The van der Waals surface area contributed by atoms with Crippen molar-refractivity contribution in [2.45, 2.75) is 0 Å². The van der Waals surface area contributed by atoms with Crippen molar-refractivity contribution < 1.29 is 19.4 Å². The number of nitrogens with zero attached hydrogens (tertiary/aromatic N) is 2. The Kier molecular flexibility index (Phi) is 4.50. The Labute approximate surface area is 134 Å². The summed E-state index contributed by atoms with van der Waals surface area (Å²) in [5.74, 6) is -1.54. The number of nitrogens with one attached hydrogen (secondary N) is 1. The monoisotopic (exact) mass is 330 g/mol. The number of nitro benzene ring substituents is 2. The molecule has 0 bridgehead atoms. The summed E-state index contributed by atoms with van der Waals surface area (Å²) in [6.45, 7) is 0. The van der Waals surface area contributed by atoms with E-state index >= 15 is 0 Å². The van der Waals surface area contributed by atoms with Crippen LogP contribution in [0.2, 0.25) is 0 Å². The van der Waals surface area contributed by atoms with Gasteiger partial charge in [-0.1, -0.05) is 12.1 Å². The predicted octanol–water partition coefficient (Wildman–Crippen LogP) is 1.85. The third-order valence-electron chi connectivity index (χ3n) is 3.07. The van der Waals surface area contributed by atoms with Gasteiger partial charge in [0.1, 0.15) is 0 Å². The predicted molar refractivity (Wildman–Crippen MR) is 82.7 cm³/mol. The van der Waals surface area contributed by atoms with Crippen LogP contribution in [0.4, 0.5) is 17.1 Å². The molecule has 3 N–H and O–H groups in total. The van der Waals surface area contributed by atoms with E-state index in [1.165, 1.54) is 12.1 Å². The molecule has 0 saturated heterocycles. The molecule has 2 aromatic carbocycles. The molecule has 0 aliphatic carbocycles. The Morgan fingerprint density at radius 3 is 2.17 bits per heavy atom. The highest BCUT2D eigenvalue weighted by Gasteiger charge is 2.26. The first kappa shape index (κ1) is 16.5. The minimum atomic E-state index is -0.952. The molecular formula is C14H10N4O6. The van der Waals surface area contributed by atoms with E-state index in [1.54, 1.807) is 12.1 Å². The molecule has 0 saturated carbocycles. The van der Waals surface area contributed by atoms with Crippen molar-refractivity contribution >= 4 is 28.9 Å². The molecule has 0 aliphatic rings. The van der Waals surface area contributed by atoms with Crippen molar-refractivity contribution in [1.82, 2.24) is 0 Å². The lowest BCUT2D eigenvalue weighted by molar-refractivity contribution is -0.422. The fourth-order valence-corrected chi connectivity index (χ4v) is 1.97. The molecule has 24 heavy (non-hydrogen) atoms. The van der Waals surface area contributed by atoms with Crippen molar-refractivity contribution in [3.05, 3.63) is 73.8 Å². The Morgan fingerprint density at radius 1 is 0.958 bits per heavy atom. The minimum Gasteiger partial charge on any atom is -0.366 e. The van der Waals surface area contributed by atoms with E-state index in [1.807, 2.05) is 0 Å². The van der Waals surface area contributed by atoms with Crippen LogP contribution in [0.15, 0.2) is 42.5 Å². The van der Waals surface area contributed by atoms with Gasteiger partial charge in [-0.15, -0.1) is 0 Å².